The summed E-state index contributed by atoms with van der Waals surface area (Å²) in [6.07, 6.45) is -0.0434. The zero-order valence-corrected chi connectivity index (χ0v) is 11.4. The highest BCUT2D eigenvalue weighted by Gasteiger charge is 2.26. The molecule has 1 aliphatic rings. The van der Waals surface area contributed by atoms with Gasteiger partial charge in [0.25, 0.3) is 0 Å². The van der Waals surface area contributed by atoms with Gasteiger partial charge in [-0.15, -0.1) is 0 Å². The first-order chi connectivity index (χ1) is 9.47. The number of carboxylic acids is 1. The Kier molecular flexibility index (Phi) is 4.93. The van der Waals surface area contributed by atoms with Gasteiger partial charge in [-0.05, 0) is 6.07 Å². The Balaban J connectivity index is 2.14. The molecule has 0 bridgehead atoms. The number of aliphatic carboxylic acids is 1. The van der Waals surface area contributed by atoms with Gasteiger partial charge < -0.3 is 5.11 Å². The van der Waals surface area contributed by atoms with E-state index in [-0.39, 0.29) is 24.6 Å². The second-order valence-corrected chi connectivity index (χ2v) is 5.80. The van der Waals surface area contributed by atoms with Crippen molar-refractivity contribution in [1.82, 2.24) is 4.90 Å². The second kappa shape index (κ2) is 6.49. The molecule has 1 aliphatic heterocycles. The molecule has 20 heavy (non-hydrogen) atoms. The topological polar surface area (TPSA) is 40.5 Å². The molecule has 1 atom stereocenters. The average molecular weight is 305 g/mol. The third-order valence-corrected chi connectivity index (χ3v) is 4.31. The molecule has 0 aliphatic carbocycles. The minimum atomic E-state index is -1.22. The summed E-state index contributed by atoms with van der Waals surface area (Å²) in [5.41, 5.74) is 0.0474. The van der Waals surface area contributed by atoms with Crippen LogP contribution in [0.3, 0.4) is 0 Å². The van der Waals surface area contributed by atoms with Gasteiger partial charge in [-0.1, -0.05) is 0 Å². The highest BCUT2D eigenvalue weighted by atomic mass is 32.2. The minimum absolute atomic E-state index is 0.0434. The fourth-order valence-corrected chi connectivity index (χ4v) is 3.32. The molecule has 0 aromatic heterocycles. The van der Waals surface area contributed by atoms with Crippen molar-refractivity contribution in [2.45, 2.75) is 19.0 Å². The van der Waals surface area contributed by atoms with Crippen molar-refractivity contribution in [3.63, 3.8) is 0 Å². The standard InChI is InChI=1S/C13H14F3NO2S/c14-10-5-12(16)11(15)3-8(10)6-17-1-2-20-7-9(17)4-13(18)19/h3,5,9H,1-2,4,6-7H2,(H,18,19). The van der Waals surface area contributed by atoms with Crippen molar-refractivity contribution in [1.29, 1.82) is 0 Å². The van der Waals surface area contributed by atoms with E-state index in [1.807, 2.05) is 0 Å². The molecule has 1 N–H and O–H groups in total. The normalized spacial score (nSPS) is 20.1. The molecule has 0 spiro atoms. The summed E-state index contributed by atoms with van der Waals surface area (Å²) in [6.45, 7) is 0.683. The Morgan fingerprint density at radius 2 is 2.00 bits per heavy atom. The van der Waals surface area contributed by atoms with Crippen LogP contribution in [0.4, 0.5) is 13.2 Å². The maximum atomic E-state index is 13.6. The fourth-order valence-electron chi connectivity index (χ4n) is 2.19. The van der Waals surface area contributed by atoms with E-state index in [4.69, 9.17) is 5.11 Å². The van der Waals surface area contributed by atoms with Crippen LogP contribution < -0.4 is 0 Å². The molecule has 0 radical (unpaired) electrons. The van der Waals surface area contributed by atoms with Gasteiger partial charge in [-0.2, -0.15) is 11.8 Å². The molecule has 7 heteroatoms. The van der Waals surface area contributed by atoms with E-state index >= 15 is 0 Å². The van der Waals surface area contributed by atoms with Gasteiger partial charge in [0.05, 0.1) is 6.42 Å². The number of carbonyl (C=O) groups is 1. The molecule has 0 amide bonds. The summed E-state index contributed by atoms with van der Waals surface area (Å²) < 4.78 is 39.7. The first-order valence-electron chi connectivity index (χ1n) is 6.14. The quantitative estimate of drug-likeness (QED) is 0.868. The summed E-state index contributed by atoms with van der Waals surface area (Å²) in [5, 5.41) is 8.87. The molecule has 3 nitrogen and oxygen atoms in total. The maximum Gasteiger partial charge on any atom is 0.304 e. The molecule has 1 aromatic carbocycles. The SMILES string of the molecule is O=C(O)CC1CSCCN1Cc1cc(F)c(F)cc1F. The highest BCUT2D eigenvalue weighted by Crippen LogP contribution is 2.23. The van der Waals surface area contributed by atoms with Crippen LogP contribution in [0.15, 0.2) is 12.1 Å². The zero-order chi connectivity index (χ0) is 14.7. The summed E-state index contributed by atoms with van der Waals surface area (Å²) >= 11 is 1.64. The molecule has 0 saturated carbocycles. The summed E-state index contributed by atoms with van der Waals surface area (Å²) in [6, 6.07) is 1.14. The Labute approximate surface area is 118 Å². The van der Waals surface area contributed by atoms with Crippen molar-refractivity contribution >= 4 is 17.7 Å². The van der Waals surface area contributed by atoms with E-state index in [0.717, 1.165) is 11.8 Å². The van der Waals surface area contributed by atoms with Crippen molar-refractivity contribution in [3.05, 3.63) is 35.1 Å². The molecule has 110 valence electrons. The van der Waals surface area contributed by atoms with Crippen LogP contribution in [0.5, 0.6) is 0 Å². The van der Waals surface area contributed by atoms with E-state index in [9.17, 15) is 18.0 Å². The second-order valence-electron chi connectivity index (χ2n) is 4.65. The first-order valence-corrected chi connectivity index (χ1v) is 7.30. The lowest BCUT2D eigenvalue weighted by Gasteiger charge is -2.34. The molecule has 1 saturated heterocycles. The van der Waals surface area contributed by atoms with Crippen LogP contribution in [0.25, 0.3) is 0 Å². The van der Waals surface area contributed by atoms with Gasteiger partial charge >= 0.3 is 5.97 Å². The number of hydrogen-bond donors (Lipinski definition) is 1. The van der Waals surface area contributed by atoms with E-state index in [1.165, 1.54) is 0 Å². The number of carboxylic acid groups (broad SMARTS) is 1. The van der Waals surface area contributed by atoms with Crippen molar-refractivity contribution in [3.8, 4) is 0 Å². The predicted octanol–water partition coefficient (Wildman–Crippen LogP) is 2.50. The van der Waals surface area contributed by atoms with E-state index in [1.54, 1.807) is 16.7 Å². The third kappa shape index (κ3) is 3.67. The Bertz CT molecular complexity index is 513. The number of halogens is 3. The molecule has 1 heterocycles. The zero-order valence-electron chi connectivity index (χ0n) is 10.6. The van der Waals surface area contributed by atoms with Crippen LogP contribution >= 0.6 is 11.8 Å². The molecular formula is C13H14F3NO2S. The molecule has 2 rings (SSSR count). The van der Waals surface area contributed by atoms with Crippen LogP contribution in [-0.2, 0) is 11.3 Å². The Morgan fingerprint density at radius 3 is 2.70 bits per heavy atom. The number of thioether (sulfide) groups is 1. The van der Waals surface area contributed by atoms with E-state index < -0.39 is 23.4 Å². The van der Waals surface area contributed by atoms with Crippen molar-refractivity contribution < 1.29 is 23.1 Å². The lowest BCUT2D eigenvalue weighted by molar-refractivity contribution is -0.138. The van der Waals surface area contributed by atoms with Crippen LogP contribution in [0.1, 0.15) is 12.0 Å². The monoisotopic (exact) mass is 305 g/mol. The first kappa shape index (κ1) is 15.2. The fraction of sp³-hybridized carbons (Fsp3) is 0.462. The molecular weight excluding hydrogens is 291 g/mol. The van der Waals surface area contributed by atoms with Gasteiger partial charge in [0.2, 0.25) is 0 Å². The van der Waals surface area contributed by atoms with E-state index in [0.29, 0.717) is 18.4 Å². The van der Waals surface area contributed by atoms with E-state index in [2.05, 4.69) is 0 Å². The van der Waals surface area contributed by atoms with Crippen LogP contribution in [0, 0.1) is 17.5 Å². The highest BCUT2D eigenvalue weighted by molar-refractivity contribution is 7.99. The number of benzene rings is 1. The van der Waals surface area contributed by atoms with Crippen LogP contribution in [0.2, 0.25) is 0 Å². The average Bonchev–Trinajstić information content (AvgIpc) is 2.37. The van der Waals surface area contributed by atoms with Gasteiger partial charge in [-0.25, -0.2) is 13.2 Å². The molecule has 1 aromatic rings. The van der Waals surface area contributed by atoms with Crippen molar-refractivity contribution in [2.75, 3.05) is 18.1 Å². The third-order valence-electron chi connectivity index (χ3n) is 3.22. The maximum absolute atomic E-state index is 13.6. The summed E-state index contributed by atoms with van der Waals surface area (Å²) in [5.74, 6) is -2.60. The minimum Gasteiger partial charge on any atom is -0.481 e. The molecule has 1 fully saturated rings. The van der Waals surface area contributed by atoms with Gasteiger partial charge in [0, 0.05) is 42.3 Å². The lowest BCUT2D eigenvalue weighted by atomic mass is 10.1. The lowest BCUT2D eigenvalue weighted by Crippen LogP contribution is -2.43. The number of rotatable bonds is 4. The Hall–Kier alpha value is -1.21. The predicted molar refractivity (Wildman–Crippen MR) is 70.1 cm³/mol. The number of hydrogen-bond acceptors (Lipinski definition) is 3. The van der Waals surface area contributed by atoms with Gasteiger partial charge in [0.15, 0.2) is 11.6 Å². The number of nitrogens with zero attached hydrogens (tertiary/aromatic N) is 1. The Morgan fingerprint density at radius 1 is 1.30 bits per heavy atom. The van der Waals surface area contributed by atoms with Gasteiger partial charge in [0.1, 0.15) is 5.82 Å². The smallest absolute Gasteiger partial charge is 0.304 e. The van der Waals surface area contributed by atoms with Crippen molar-refractivity contribution in [2.24, 2.45) is 0 Å². The van der Waals surface area contributed by atoms with Crippen LogP contribution in [-0.4, -0.2) is 40.1 Å². The summed E-state index contributed by atoms with van der Waals surface area (Å²) in [7, 11) is 0. The summed E-state index contributed by atoms with van der Waals surface area (Å²) in [4.78, 5) is 12.6. The van der Waals surface area contributed by atoms with Gasteiger partial charge in [-0.3, -0.25) is 9.69 Å². The largest absolute Gasteiger partial charge is 0.481 e. The molecule has 1 unspecified atom stereocenters.